The molecule has 7 nitrogen and oxygen atoms in total. The van der Waals surface area contributed by atoms with Crippen molar-refractivity contribution < 1.29 is 14.4 Å². The van der Waals surface area contributed by atoms with Gasteiger partial charge in [0.25, 0.3) is 5.91 Å². The first-order valence-electron chi connectivity index (χ1n) is 11.3. The van der Waals surface area contributed by atoms with Gasteiger partial charge in [0.15, 0.2) is 0 Å². The Bertz CT molecular complexity index is 870. The second-order valence-electron chi connectivity index (χ2n) is 9.14. The van der Waals surface area contributed by atoms with Crippen molar-refractivity contribution in [2.75, 3.05) is 19.6 Å². The van der Waals surface area contributed by atoms with Gasteiger partial charge in [0, 0.05) is 31.1 Å². The first-order valence-corrected chi connectivity index (χ1v) is 11.3. The summed E-state index contributed by atoms with van der Waals surface area (Å²) in [7, 11) is 0. The van der Waals surface area contributed by atoms with Crippen molar-refractivity contribution in [3.05, 3.63) is 34.9 Å². The molecule has 5 rings (SSSR count). The van der Waals surface area contributed by atoms with Crippen LogP contribution in [-0.2, 0) is 22.7 Å². The molecule has 1 aromatic rings. The van der Waals surface area contributed by atoms with Crippen LogP contribution >= 0.6 is 0 Å². The number of likely N-dealkylation sites (tertiary alicyclic amines) is 1. The predicted molar refractivity (Wildman–Crippen MR) is 112 cm³/mol. The summed E-state index contributed by atoms with van der Waals surface area (Å²) in [6.07, 6.45) is 5.59. The number of fused-ring (bicyclic) bond motifs is 2. The highest BCUT2D eigenvalue weighted by Gasteiger charge is 2.40. The van der Waals surface area contributed by atoms with Gasteiger partial charge in [0.2, 0.25) is 11.8 Å². The average Bonchev–Trinajstić information content (AvgIpc) is 2.90. The first kappa shape index (κ1) is 19.7. The van der Waals surface area contributed by atoms with Crippen LogP contribution in [0, 0.1) is 5.92 Å². The van der Waals surface area contributed by atoms with E-state index in [1.807, 2.05) is 12.1 Å². The summed E-state index contributed by atoms with van der Waals surface area (Å²) in [5.74, 6) is 0.0253. The number of amides is 3. The summed E-state index contributed by atoms with van der Waals surface area (Å²) in [6, 6.07) is 6.13. The Labute approximate surface area is 177 Å². The maximum atomic E-state index is 13.4. The van der Waals surface area contributed by atoms with Crippen LogP contribution in [0.15, 0.2) is 18.2 Å². The highest BCUT2D eigenvalue weighted by molar-refractivity contribution is 6.05. The van der Waals surface area contributed by atoms with Gasteiger partial charge in [-0.1, -0.05) is 18.2 Å². The lowest BCUT2D eigenvalue weighted by Gasteiger charge is -2.41. The molecule has 0 aromatic heterocycles. The molecule has 3 amide bonds. The molecule has 3 saturated heterocycles. The van der Waals surface area contributed by atoms with Crippen molar-refractivity contribution in [1.29, 1.82) is 0 Å². The molecule has 4 heterocycles. The van der Waals surface area contributed by atoms with E-state index in [0.717, 1.165) is 42.9 Å². The monoisotopic (exact) mass is 410 g/mol. The Kier molecular flexibility index (Phi) is 5.33. The van der Waals surface area contributed by atoms with E-state index in [1.54, 1.807) is 4.90 Å². The molecule has 2 N–H and O–H groups in total. The van der Waals surface area contributed by atoms with Crippen LogP contribution in [0.25, 0.3) is 0 Å². The van der Waals surface area contributed by atoms with Gasteiger partial charge < -0.3 is 10.2 Å². The Balaban J connectivity index is 1.37. The number of carbonyl (C=O) groups is 3. The van der Waals surface area contributed by atoms with Gasteiger partial charge >= 0.3 is 0 Å². The SMILES string of the molecule is O=C1CCC(N2Cc3cccc(CN4CCCC5CNCCCC54)c3C2=O)C(=O)N1. The molecule has 4 aliphatic heterocycles. The topological polar surface area (TPSA) is 81.8 Å². The van der Waals surface area contributed by atoms with Crippen LogP contribution in [-0.4, -0.2) is 59.2 Å². The van der Waals surface area contributed by atoms with E-state index in [9.17, 15) is 14.4 Å². The van der Waals surface area contributed by atoms with Crippen molar-refractivity contribution >= 4 is 17.7 Å². The Morgan fingerprint density at radius 3 is 2.83 bits per heavy atom. The highest BCUT2D eigenvalue weighted by Crippen LogP contribution is 2.33. The van der Waals surface area contributed by atoms with Crippen molar-refractivity contribution in [2.45, 2.75) is 63.7 Å². The number of hydrogen-bond donors (Lipinski definition) is 2. The maximum absolute atomic E-state index is 13.4. The first-order chi connectivity index (χ1) is 14.6. The van der Waals surface area contributed by atoms with Crippen LogP contribution in [0.4, 0.5) is 0 Å². The molecule has 7 heteroatoms. The maximum Gasteiger partial charge on any atom is 0.255 e. The second kappa shape index (κ2) is 8.12. The smallest absolute Gasteiger partial charge is 0.255 e. The Hall–Kier alpha value is -2.25. The van der Waals surface area contributed by atoms with Crippen molar-refractivity contribution in [3.8, 4) is 0 Å². The van der Waals surface area contributed by atoms with Crippen LogP contribution < -0.4 is 10.6 Å². The quantitative estimate of drug-likeness (QED) is 0.737. The number of nitrogens with zero attached hydrogens (tertiary/aromatic N) is 2. The summed E-state index contributed by atoms with van der Waals surface area (Å²) >= 11 is 0. The van der Waals surface area contributed by atoms with E-state index in [1.165, 1.54) is 25.7 Å². The number of rotatable bonds is 3. The third-order valence-electron chi connectivity index (χ3n) is 7.31. The lowest BCUT2D eigenvalue weighted by Crippen LogP contribution is -2.52. The summed E-state index contributed by atoms with van der Waals surface area (Å²) in [5, 5.41) is 5.96. The van der Waals surface area contributed by atoms with Gasteiger partial charge in [0.05, 0.1) is 0 Å². The van der Waals surface area contributed by atoms with Crippen molar-refractivity contribution in [2.24, 2.45) is 5.92 Å². The molecule has 0 bridgehead atoms. The minimum absolute atomic E-state index is 0.0637. The normalized spacial score (nSPS) is 29.9. The van der Waals surface area contributed by atoms with Crippen molar-refractivity contribution in [1.82, 2.24) is 20.4 Å². The molecule has 3 atom stereocenters. The van der Waals surface area contributed by atoms with Gasteiger partial charge in [0.1, 0.15) is 6.04 Å². The molecule has 0 spiro atoms. The molecule has 0 aliphatic carbocycles. The fourth-order valence-electron chi connectivity index (χ4n) is 5.83. The van der Waals surface area contributed by atoms with E-state index in [0.29, 0.717) is 24.9 Å². The molecule has 160 valence electrons. The number of piperidine rings is 2. The highest BCUT2D eigenvalue weighted by atomic mass is 16.2. The molecule has 30 heavy (non-hydrogen) atoms. The van der Waals surface area contributed by atoms with Crippen LogP contribution in [0.5, 0.6) is 0 Å². The predicted octanol–water partition coefficient (Wildman–Crippen LogP) is 1.41. The van der Waals surface area contributed by atoms with Gasteiger partial charge in [-0.15, -0.1) is 0 Å². The lowest BCUT2D eigenvalue weighted by atomic mass is 9.86. The van der Waals surface area contributed by atoms with Crippen molar-refractivity contribution in [3.63, 3.8) is 0 Å². The molecule has 4 aliphatic rings. The third-order valence-corrected chi connectivity index (χ3v) is 7.31. The van der Waals surface area contributed by atoms with E-state index < -0.39 is 6.04 Å². The second-order valence-corrected chi connectivity index (χ2v) is 9.14. The fourth-order valence-corrected chi connectivity index (χ4v) is 5.83. The van der Waals surface area contributed by atoms with E-state index in [-0.39, 0.29) is 24.1 Å². The summed E-state index contributed by atoms with van der Waals surface area (Å²) in [4.78, 5) is 41.4. The number of imide groups is 1. The zero-order valence-corrected chi connectivity index (χ0v) is 17.4. The van der Waals surface area contributed by atoms with Crippen LogP contribution in [0.1, 0.15) is 60.0 Å². The van der Waals surface area contributed by atoms with E-state index in [4.69, 9.17) is 0 Å². The van der Waals surface area contributed by atoms with E-state index in [2.05, 4.69) is 21.6 Å². The van der Waals surface area contributed by atoms with Gasteiger partial charge in [-0.05, 0) is 68.8 Å². The molecule has 1 aromatic carbocycles. The van der Waals surface area contributed by atoms with Gasteiger partial charge in [-0.3, -0.25) is 24.6 Å². The van der Waals surface area contributed by atoms with Gasteiger partial charge in [-0.25, -0.2) is 0 Å². The lowest BCUT2D eigenvalue weighted by molar-refractivity contribution is -0.136. The Morgan fingerprint density at radius 1 is 1.07 bits per heavy atom. The number of nitrogens with one attached hydrogen (secondary N) is 2. The summed E-state index contributed by atoms with van der Waals surface area (Å²) in [6.45, 7) is 4.51. The number of hydrogen-bond acceptors (Lipinski definition) is 5. The number of carbonyl (C=O) groups excluding carboxylic acids is 3. The molecule has 3 fully saturated rings. The minimum Gasteiger partial charge on any atom is -0.322 e. The molecule has 3 unspecified atom stereocenters. The molecule has 0 radical (unpaired) electrons. The Morgan fingerprint density at radius 2 is 1.97 bits per heavy atom. The van der Waals surface area contributed by atoms with Gasteiger partial charge in [-0.2, -0.15) is 0 Å². The third kappa shape index (κ3) is 3.54. The zero-order chi connectivity index (χ0) is 20.7. The minimum atomic E-state index is -0.553. The largest absolute Gasteiger partial charge is 0.322 e. The fraction of sp³-hybridized carbons (Fsp3) is 0.609. The van der Waals surface area contributed by atoms with E-state index >= 15 is 0 Å². The zero-order valence-electron chi connectivity index (χ0n) is 17.4. The van der Waals surface area contributed by atoms with Crippen LogP contribution in [0.3, 0.4) is 0 Å². The van der Waals surface area contributed by atoms with Crippen LogP contribution in [0.2, 0.25) is 0 Å². The summed E-state index contributed by atoms with van der Waals surface area (Å²) < 4.78 is 0. The molecule has 0 saturated carbocycles. The standard InChI is InChI=1S/C23H30N4O3/c28-20-9-8-19(22(29)25-20)27-14-17-5-1-4-16(21(17)23(27)30)13-26-11-3-6-15-12-24-10-2-7-18(15)26/h1,4-5,15,18-19,24H,2-3,6-14H2,(H,25,28,29). The summed E-state index contributed by atoms with van der Waals surface area (Å²) in [5.41, 5.74) is 2.85. The molecular formula is C23H30N4O3. The average molecular weight is 411 g/mol. The number of benzene rings is 1. The molecular weight excluding hydrogens is 380 g/mol.